The second kappa shape index (κ2) is 17.6. The molecule has 0 aromatic heterocycles. The number of benzene rings is 2. The molecule has 0 spiro atoms. The monoisotopic (exact) mass is 525 g/mol. The molecule has 2 aromatic rings. The van der Waals surface area contributed by atoms with E-state index in [0.29, 0.717) is 35.8 Å². The second-order valence-electron chi connectivity index (χ2n) is 10.4. The Kier molecular flexibility index (Phi) is 14.5. The number of rotatable bonds is 19. The van der Waals surface area contributed by atoms with Gasteiger partial charge in [-0.3, -0.25) is 4.79 Å². The lowest BCUT2D eigenvalue weighted by atomic mass is 10.1. The van der Waals surface area contributed by atoms with Crippen molar-refractivity contribution < 1.29 is 23.5 Å². The van der Waals surface area contributed by atoms with E-state index in [-0.39, 0.29) is 11.9 Å². The summed E-state index contributed by atoms with van der Waals surface area (Å²) in [5.74, 6) is 0.0111. The van der Waals surface area contributed by atoms with E-state index in [4.69, 9.17) is 9.47 Å². The maximum atomic E-state index is 12.9. The summed E-state index contributed by atoms with van der Waals surface area (Å²) in [5.41, 5.74) is 1.59. The Morgan fingerprint density at radius 2 is 1.42 bits per heavy atom. The van der Waals surface area contributed by atoms with Crippen molar-refractivity contribution in [1.82, 2.24) is 0 Å². The van der Waals surface area contributed by atoms with Crippen LogP contribution in [-0.2, 0) is 4.74 Å². The molecule has 1 atom stereocenters. The van der Waals surface area contributed by atoms with Gasteiger partial charge in [0.15, 0.2) is 0 Å². The van der Waals surface area contributed by atoms with E-state index >= 15 is 0 Å². The number of unbranched alkanes of at least 4 members (excludes halogenated alkanes) is 7. The Balaban J connectivity index is 1.83. The number of ether oxygens (including phenoxy) is 2. The number of esters is 1. The van der Waals surface area contributed by atoms with Crippen LogP contribution in [-0.4, -0.2) is 56.3 Å². The molecule has 1 amide bonds. The summed E-state index contributed by atoms with van der Waals surface area (Å²) in [7, 11) is 2.22. The number of para-hydroxylation sites is 1. The van der Waals surface area contributed by atoms with Crippen LogP contribution in [0.2, 0.25) is 0 Å². The molecule has 0 radical (unpaired) electrons. The number of hydrogen-bond donors (Lipinski definition) is 1. The number of hydrogen-bond acceptors (Lipinski definition) is 4. The molecule has 2 rings (SSSR count). The average molecular weight is 526 g/mol. The zero-order chi connectivity index (χ0) is 27.6. The van der Waals surface area contributed by atoms with Crippen LogP contribution in [0.5, 0.6) is 5.75 Å². The summed E-state index contributed by atoms with van der Waals surface area (Å²) in [5, 5.41) is 2.91. The highest BCUT2D eigenvalue weighted by atomic mass is 16.5. The molecule has 2 aromatic carbocycles. The molecule has 0 bridgehead atoms. The SMILES string of the molecule is CCCCCCCCOc1ccccc1C(=O)Nc1ccc(C(=O)OCC[N+](C)(CC)CCCCC)cc1. The number of quaternary nitrogens is 1. The molecule has 1 unspecified atom stereocenters. The summed E-state index contributed by atoms with van der Waals surface area (Å²) in [6, 6.07) is 14.1. The van der Waals surface area contributed by atoms with Crippen molar-refractivity contribution >= 4 is 17.6 Å². The molecule has 0 aliphatic rings. The fraction of sp³-hybridized carbons (Fsp3) is 0.562. The topological polar surface area (TPSA) is 64.6 Å². The minimum absolute atomic E-state index is 0.237. The standard InChI is InChI=1S/C32H48N2O4/c1-5-8-10-11-12-16-25-37-30-18-14-13-17-29(30)31(35)33-28-21-19-27(20-22-28)32(36)38-26-24-34(4,7-3)23-15-9-6-2/h13-14,17-22H,5-12,15-16,23-26H2,1-4H3/p+1. The van der Waals surface area contributed by atoms with E-state index in [1.54, 1.807) is 30.3 Å². The fourth-order valence-corrected chi connectivity index (χ4v) is 4.35. The zero-order valence-electron chi connectivity index (χ0n) is 24.1. The molecule has 0 saturated heterocycles. The second-order valence-corrected chi connectivity index (χ2v) is 10.4. The number of carbonyl (C=O) groups is 2. The molecular formula is C32H49N2O4+. The van der Waals surface area contributed by atoms with E-state index in [0.717, 1.165) is 37.0 Å². The Morgan fingerprint density at radius 3 is 2.13 bits per heavy atom. The molecule has 0 fully saturated rings. The molecule has 6 heteroatoms. The molecule has 0 heterocycles. The molecular weight excluding hydrogens is 476 g/mol. The van der Waals surface area contributed by atoms with E-state index in [9.17, 15) is 9.59 Å². The van der Waals surface area contributed by atoms with Crippen molar-refractivity contribution in [2.24, 2.45) is 0 Å². The highest BCUT2D eigenvalue weighted by Gasteiger charge is 2.20. The van der Waals surface area contributed by atoms with Gasteiger partial charge in [-0.2, -0.15) is 0 Å². The van der Waals surface area contributed by atoms with Crippen molar-refractivity contribution in [2.75, 3.05) is 45.2 Å². The molecule has 210 valence electrons. The van der Waals surface area contributed by atoms with Crippen LogP contribution in [0.25, 0.3) is 0 Å². The maximum absolute atomic E-state index is 12.9. The van der Waals surface area contributed by atoms with Gasteiger partial charge in [-0.25, -0.2) is 4.79 Å². The van der Waals surface area contributed by atoms with Crippen LogP contribution >= 0.6 is 0 Å². The largest absolute Gasteiger partial charge is 0.493 e. The minimum Gasteiger partial charge on any atom is -0.493 e. The maximum Gasteiger partial charge on any atom is 0.338 e. The molecule has 6 nitrogen and oxygen atoms in total. The van der Waals surface area contributed by atoms with Gasteiger partial charge in [0.05, 0.1) is 37.9 Å². The van der Waals surface area contributed by atoms with Gasteiger partial charge in [0, 0.05) is 5.69 Å². The summed E-state index contributed by atoms with van der Waals surface area (Å²) >= 11 is 0. The third kappa shape index (κ3) is 11.3. The lowest BCUT2D eigenvalue weighted by molar-refractivity contribution is -0.908. The van der Waals surface area contributed by atoms with Crippen LogP contribution in [0.15, 0.2) is 48.5 Å². The van der Waals surface area contributed by atoms with E-state index < -0.39 is 0 Å². The number of carbonyl (C=O) groups excluding carboxylic acids is 2. The Hall–Kier alpha value is -2.86. The third-order valence-electron chi connectivity index (χ3n) is 7.19. The van der Waals surface area contributed by atoms with Crippen molar-refractivity contribution in [2.45, 2.75) is 78.6 Å². The highest BCUT2D eigenvalue weighted by molar-refractivity contribution is 6.06. The molecule has 0 saturated carbocycles. The Morgan fingerprint density at radius 1 is 0.763 bits per heavy atom. The first-order chi connectivity index (χ1) is 18.4. The number of anilines is 1. The van der Waals surface area contributed by atoms with Crippen molar-refractivity contribution in [3.63, 3.8) is 0 Å². The van der Waals surface area contributed by atoms with Gasteiger partial charge >= 0.3 is 5.97 Å². The van der Waals surface area contributed by atoms with Crippen LogP contribution in [0, 0.1) is 0 Å². The lowest BCUT2D eigenvalue weighted by Crippen LogP contribution is -2.47. The number of likely N-dealkylation sites (N-methyl/N-ethyl adjacent to an activating group) is 1. The van der Waals surface area contributed by atoms with Gasteiger partial charge in [0.1, 0.15) is 18.9 Å². The van der Waals surface area contributed by atoms with Gasteiger partial charge < -0.3 is 19.3 Å². The minimum atomic E-state index is -0.340. The normalized spacial score (nSPS) is 12.5. The molecule has 0 aliphatic heterocycles. The first-order valence-electron chi connectivity index (χ1n) is 14.6. The average Bonchev–Trinajstić information content (AvgIpc) is 2.93. The van der Waals surface area contributed by atoms with E-state index in [1.165, 1.54) is 44.9 Å². The van der Waals surface area contributed by atoms with Gasteiger partial charge in [0.2, 0.25) is 0 Å². The van der Waals surface area contributed by atoms with Gasteiger partial charge in [-0.05, 0) is 62.6 Å². The fourth-order valence-electron chi connectivity index (χ4n) is 4.35. The van der Waals surface area contributed by atoms with Crippen LogP contribution in [0.1, 0.15) is 99.3 Å². The lowest BCUT2D eigenvalue weighted by Gasteiger charge is -2.33. The summed E-state index contributed by atoms with van der Waals surface area (Å²) < 4.78 is 12.4. The van der Waals surface area contributed by atoms with E-state index in [2.05, 4.69) is 33.1 Å². The van der Waals surface area contributed by atoms with Crippen molar-refractivity contribution in [3.05, 3.63) is 59.7 Å². The predicted octanol–water partition coefficient (Wildman–Crippen LogP) is 7.49. The Labute approximate surface area is 230 Å². The quantitative estimate of drug-likeness (QED) is 0.117. The number of nitrogens with zero attached hydrogens (tertiary/aromatic N) is 1. The highest BCUT2D eigenvalue weighted by Crippen LogP contribution is 2.21. The summed E-state index contributed by atoms with van der Waals surface area (Å²) in [6.07, 6.45) is 10.8. The summed E-state index contributed by atoms with van der Waals surface area (Å²) in [4.78, 5) is 25.5. The zero-order valence-corrected chi connectivity index (χ0v) is 24.1. The Bertz CT molecular complexity index is 960. The number of amides is 1. The van der Waals surface area contributed by atoms with Crippen molar-refractivity contribution in [3.8, 4) is 5.75 Å². The summed E-state index contributed by atoms with van der Waals surface area (Å²) in [6.45, 7) is 10.5. The first-order valence-corrected chi connectivity index (χ1v) is 14.6. The smallest absolute Gasteiger partial charge is 0.338 e. The first kappa shape index (κ1) is 31.4. The van der Waals surface area contributed by atoms with Crippen LogP contribution < -0.4 is 10.1 Å². The molecule has 1 N–H and O–H groups in total. The predicted molar refractivity (Wildman–Crippen MR) is 156 cm³/mol. The van der Waals surface area contributed by atoms with Crippen LogP contribution in [0.3, 0.4) is 0 Å². The van der Waals surface area contributed by atoms with Crippen molar-refractivity contribution in [1.29, 1.82) is 0 Å². The van der Waals surface area contributed by atoms with Gasteiger partial charge in [-0.1, -0.05) is 64.5 Å². The van der Waals surface area contributed by atoms with E-state index in [1.807, 2.05) is 18.2 Å². The van der Waals surface area contributed by atoms with Crippen LogP contribution in [0.4, 0.5) is 5.69 Å². The number of nitrogens with one attached hydrogen (secondary N) is 1. The molecule has 0 aliphatic carbocycles. The van der Waals surface area contributed by atoms with Gasteiger partial charge in [-0.15, -0.1) is 0 Å². The van der Waals surface area contributed by atoms with Gasteiger partial charge in [0.25, 0.3) is 5.91 Å². The molecule has 38 heavy (non-hydrogen) atoms. The third-order valence-corrected chi connectivity index (χ3v) is 7.19.